The van der Waals surface area contributed by atoms with Crippen LogP contribution < -0.4 is 5.32 Å². The Bertz CT molecular complexity index is 207. The number of nitrogens with zero attached hydrogens (tertiary/aromatic N) is 1. The van der Waals surface area contributed by atoms with E-state index in [1.54, 1.807) is 0 Å². The van der Waals surface area contributed by atoms with Gasteiger partial charge in [-0.2, -0.15) is 0 Å². The molecule has 0 aliphatic rings. The first-order chi connectivity index (χ1) is 4.84. The van der Waals surface area contributed by atoms with E-state index in [2.05, 4.69) is 15.0 Å². The van der Waals surface area contributed by atoms with Crippen molar-refractivity contribution in [1.29, 1.82) is 0 Å². The Labute approximate surface area is 56.6 Å². The largest absolute Gasteiger partial charge is 0.376 e. The summed E-state index contributed by atoms with van der Waals surface area (Å²) in [6.45, 7) is -0.397. The lowest BCUT2D eigenvalue weighted by atomic mass is 10.4. The van der Waals surface area contributed by atoms with Crippen molar-refractivity contribution in [3.63, 3.8) is 0 Å². The van der Waals surface area contributed by atoms with E-state index in [1.807, 2.05) is 0 Å². The fraction of sp³-hybridized carbons (Fsp3) is 0.200. The molecule has 0 radical (unpaired) electrons. The van der Waals surface area contributed by atoms with Crippen LogP contribution in [0, 0.1) is 0 Å². The average Bonchev–Trinajstić information content (AvgIpc) is 2.38. The Morgan fingerprint density at radius 3 is 3.20 bits per heavy atom. The van der Waals surface area contributed by atoms with Gasteiger partial charge in [0.05, 0.1) is 0 Å². The van der Waals surface area contributed by atoms with E-state index < -0.39 is 12.6 Å². The maximum absolute atomic E-state index is 10.7. The molecule has 5 heteroatoms. The minimum Gasteiger partial charge on any atom is -0.376 e. The molecule has 0 unspecified atom stereocenters. The van der Waals surface area contributed by atoms with Crippen LogP contribution in [-0.4, -0.2) is 22.9 Å². The number of aromatic nitrogens is 1. The summed E-state index contributed by atoms with van der Waals surface area (Å²) in [6.07, 6.45) is 1.28. The molecule has 10 heavy (non-hydrogen) atoms. The fourth-order valence-corrected chi connectivity index (χ4v) is 0.492. The summed E-state index contributed by atoms with van der Waals surface area (Å²) < 4.78 is 4.39. The number of hydrogen-bond acceptors (Lipinski definition) is 4. The van der Waals surface area contributed by atoms with Gasteiger partial charge in [0.25, 0.3) is 5.91 Å². The molecule has 0 atom stereocenters. The molecule has 1 rings (SSSR count). The van der Waals surface area contributed by atoms with Crippen LogP contribution in [0.25, 0.3) is 0 Å². The highest BCUT2D eigenvalue weighted by atomic mass is 16.5. The minimum absolute atomic E-state index is 0.161. The fourth-order valence-electron chi connectivity index (χ4n) is 0.492. The SMILES string of the molecule is O=C(NCO)c1ccon1. The summed E-state index contributed by atoms with van der Waals surface area (Å²) in [6, 6.07) is 1.41. The van der Waals surface area contributed by atoms with Gasteiger partial charge in [-0.1, -0.05) is 5.16 Å². The second-order valence-electron chi connectivity index (χ2n) is 1.55. The topological polar surface area (TPSA) is 75.4 Å². The molecule has 1 aromatic rings. The van der Waals surface area contributed by atoms with Gasteiger partial charge in [-0.15, -0.1) is 0 Å². The van der Waals surface area contributed by atoms with Crippen molar-refractivity contribution < 1.29 is 14.4 Å². The smallest absolute Gasteiger partial charge is 0.275 e. The molecule has 0 fully saturated rings. The van der Waals surface area contributed by atoms with Crippen LogP contribution in [0.15, 0.2) is 16.9 Å². The molecule has 0 saturated carbocycles. The number of hydrogen-bond donors (Lipinski definition) is 2. The molecule has 0 bridgehead atoms. The molecule has 0 aliphatic carbocycles. The van der Waals surface area contributed by atoms with Crippen molar-refractivity contribution in [2.45, 2.75) is 0 Å². The minimum atomic E-state index is -0.448. The second-order valence-corrected chi connectivity index (χ2v) is 1.55. The van der Waals surface area contributed by atoms with Gasteiger partial charge >= 0.3 is 0 Å². The summed E-state index contributed by atoms with van der Waals surface area (Å²) in [5.74, 6) is -0.448. The highest BCUT2D eigenvalue weighted by molar-refractivity contribution is 5.91. The van der Waals surface area contributed by atoms with Crippen LogP contribution in [0.1, 0.15) is 10.5 Å². The van der Waals surface area contributed by atoms with Crippen molar-refractivity contribution in [2.75, 3.05) is 6.73 Å². The molecule has 1 amide bonds. The summed E-state index contributed by atoms with van der Waals surface area (Å²) in [5, 5.41) is 13.7. The van der Waals surface area contributed by atoms with Gasteiger partial charge in [-0.3, -0.25) is 4.79 Å². The molecule has 5 nitrogen and oxygen atoms in total. The molecule has 0 saturated heterocycles. The lowest BCUT2D eigenvalue weighted by Gasteiger charge is -1.93. The number of amides is 1. The van der Waals surface area contributed by atoms with Crippen molar-refractivity contribution >= 4 is 5.91 Å². The molecule has 1 heterocycles. The van der Waals surface area contributed by atoms with Crippen LogP contribution in [0.2, 0.25) is 0 Å². The first-order valence-electron chi connectivity index (χ1n) is 2.64. The Balaban J connectivity index is 2.59. The molecule has 0 aromatic carbocycles. The maximum atomic E-state index is 10.7. The van der Waals surface area contributed by atoms with E-state index in [9.17, 15) is 4.79 Å². The standard InChI is InChI=1S/C5H6N2O3/c8-3-6-5(9)4-1-2-10-7-4/h1-2,8H,3H2,(H,6,9). The summed E-state index contributed by atoms with van der Waals surface area (Å²) >= 11 is 0. The number of carbonyl (C=O) groups excluding carboxylic acids is 1. The predicted molar refractivity (Wildman–Crippen MR) is 31.1 cm³/mol. The monoisotopic (exact) mass is 142 g/mol. The van der Waals surface area contributed by atoms with Gasteiger partial charge in [-0.25, -0.2) is 0 Å². The highest BCUT2D eigenvalue weighted by Crippen LogP contribution is 1.92. The van der Waals surface area contributed by atoms with Gasteiger partial charge in [0.2, 0.25) is 0 Å². The Morgan fingerprint density at radius 2 is 2.70 bits per heavy atom. The van der Waals surface area contributed by atoms with Crippen LogP contribution in [0.4, 0.5) is 0 Å². The average molecular weight is 142 g/mol. The molecule has 0 aliphatic heterocycles. The molecule has 2 N–H and O–H groups in total. The number of nitrogens with one attached hydrogen (secondary N) is 1. The van der Waals surface area contributed by atoms with Gasteiger partial charge in [0.1, 0.15) is 13.0 Å². The summed E-state index contributed by atoms with van der Waals surface area (Å²) in [5.41, 5.74) is 0.161. The maximum Gasteiger partial charge on any atom is 0.275 e. The number of aliphatic hydroxyl groups is 1. The molecular formula is C5H6N2O3. The zero-order valence-corrected chi connectivity index (χ0v) is 5.07. The van der Waals surface area contributed by atoms with Gasteiger partial charge in [-0.05, 0) is 0 Å². The van der Waals surface area contributed by atoms with Crippen LogP contribution in [0.3, 0.4) is 0 Å². The highest BCUT2D eigenvalue weighted by Gasteiger charge is 2.05. The Hall–Kier alpha value is -1.36. The molecule has 1 aromatic heterocycles. The zero-order chi connectivity index (χ0) is 7.40. The molecule has 54 valence electrons. The third-order valence-electron chi connectivity index (χ3n) is 0.910. The van der Waals surface area contributed by atoms with Crippen molar-refractivity contribution in [1.82, 2.24) is 10.5 Å². The van der Waals surface area contributed by atoms with Crippen LogP contribution in [-0.2, 0) is 0 Å². The van der Waals surface area contributed by atoms with Gasteiger partial charge < -0.3 is 14.9 Å². The van der Waals surface area contributed by atoms with Gasteiger partial charge in [0.15, 0.2) is 5.69 Å². The van der Waals surface area contributed by atoms with E-state index in [1.165, 1.54) is 12.3 Å². The van der Waals surface area contributed by atoms with E-state index in [4.69, 9.17) is 5.11 Å². The molecule has 0 spiro atoms. The number of carbonyl (C=O) groups is 1. The van der Waals surface area contributed by atoms with E-state index in [0.29, 0.717) is 0 Å². The van der Waals surface area contributed by atoms with E-state index >= 15 is 0 Å². The Kier molecular flexibility index (Phi) is 2.01. The van der Waals surface area contributed by atoms with E-state index in [0.717, 1.165) is 0 Å². The summed E-state index contributed by atoms with van der Waals surface area (Å²) in [7, 11) is 0. The van der Waals surface area contributed by atoms with Crippen molar-refractivity contribution in [3.8, 4) is 0 Å². The summed E-state index contributed by atoms with van der Waals surface area (Å²) in [4.78, 5) is 10.7. The zero-order valence-electron chi connectivity index (χ0n) is 5.07. The number of aliphatic hydroxyl groups excluding tert-OH is 1. The van der Waals surface area contributed by atoms with Gasteiger partial charge in [0, 0.05) is 6.07 Å². The lowest BCUT2D eigenvalue weighted by molar-refractivity contribution is 0.0901. The third kappa shape index (κ3) is 1.32. The Morgan fingerprint density at radius 1 is 1.90 bits per heavy atom. The quantitative estimate of drug-likeness (QED) is 0.538. The lowest BCUT2D eigenvalue weighted by Crippen LogP contribution is -2.24. The molecular weight excluding hydrogens is 136 g/mol. The first-order valence-corrected chi connectivity index (χ1v) is 2.64. The van der Waals surface area contributed by atoms with Crippen molar-refractivity contribution in [2.24, 2.45) is 0 Å². The van der Waals surface area contributed by atoms with Crippen LogP contribution >= 0.6 is 0 Å². The first kappa shape index (κ1) is 6.76. The van der Waals surface area contributed by atoms with E-state index in [-0.39, 0.29) is 5.69 Å². The normalized spacial score (nSPS) is 9.30. The van der Waals surface area contributed by atoms with Crippen LogP contribution in [0.5, 0.6) is 0 Å². The van der Waals surface area contributed by atoms with Crippen molar-refractivity contribution in [3.05, 3.63) is 18.0 Å². The third-order valence-corrected chi connectivity index (χ3v) is 0.910. The second kappa shape index (κ2) is 2.98. The predicted octanol–water partition coefficient (Wildman–Crippen LogP) is -0.646. The number of rotatable bonds is 2.